The third kappa shape index (κ3) is 3.42. The van der Waals surface area contributed by atoms with Crippen LogP contribution in [0.25, 0.3) is 0 Å². The number of aromatic nitrogens is 2. The highest BCUT2D eigenvalue weighted by Crippen LogP contribution is 2.21. The first-order valence-corrected chi connectivity index (χ1v) is 6.16. The first-order valence-electron chi connectivity index (χ1n) is 6.16. The summed E-state index contributed by atoms with van der Waals surface area (Å²) in [4.78, 5) is 8.37. The second kappa shape index (κ2) is 6.15. The van der Waals surface area contributed by atoms with Gasteiger partial charge in [0.2, 0.25) is 0 Å². The molecule has 0 amide bonds. The van der Waals surface area contributed by atoms with Crippen LogP contribution in [0.15, 0.2) is 30.5 Å². The largest absolute Gasteiger partial charge is 0.494 e. The van der Waals surface area contributed by atoms with Crippen molar-refractivity contribution in [3.63, 3.8) is 0 Å². The van der Waals surface area contributed by atoms with E-state index in [1.54, 1.807) is 6.20 Å². The molecule has 2 aromatic rings. The van der Waals surface area contributed by atoms with Crippen LogP contribution in [0.3, 0.4) is 0 Å². The summed E-state index contributed by atoms with van der Waals surface area (Å²) in [5, 5.41) is 0. The van der Waals surface area contributed by atoms with Crippen molar-refractivity contribution in [3.8, 4) is 17.5 Å². The Labute approximate surface area is 112 Å². The van der Waals surface area contributed by atoms with Crippen molar-refractivity contribution >= 4 is 0 Å². The van der Waals surface area contributed by atoms with Crippen molar-refractivity contribution in [1.29, 1.82) is 0 Å². The second-order valence-electron chi connectivity index (χ2n) is 3.97. The van der Waals surface area contributed by atoms with Crippen molar-refractivity contribution in [1.82, 2.24) is 9.97 Å². The summed E-state index contributed by atoms with van der Waals surface area (Å²) in [5.41, 5.74) is 7.31. The minimum Gasteiger partial charge on any atom is -0.494 e. The standard InChI is InChI=1S/C14H17N3O2/c1-3-18-12-4-6-13(7-5-12)19-14-16-9-11(8-15)10(2)17-14/h4-7,9H,3,8,15H2,1-2H3. The molecule has 1 aromatic heterocycles. The van der Waals surface area contributed by atoms with Gasteiger partial charge in [-0.2, -0.15) is 4.98 Å². The van der Waals surface area contributed by atoms with Gasteiger partial charge in [-0.1, -0.05) is 0 Å². The molecule has 2 N–H and O–H groups in total. The van der Waals surface area contributed by atoms with E-state index in [-0.39, 0.29) is 0 Å². The molecule has 0 aliphatic carbocycles. The molecule has 1 aromatic carbocycles. The lowest BCUT2D eigenvalue weighted by Gasteiger charge is -2.07. The molecule has 2 rings (SSSR count). The predicted molar refractivity (Wildman–Crippen MR) is 72.3 cm³/mol. The first kappa shape index (κ1) is 13.3. The fourth-order valence-electron chi connectivity index (χ4n) is 1.60. The van der Waals surface area contributed by atoms with Crippen LogP contribution in [0, 0.1) is 6.92 Å². The molecule has 0 radical (unpaired) electrons. The minimum atomic E-state index is 0.318. The van der Waals surface area contributed by atoms with Crippen LogP contribution < -0.4 is 15.2 Å². The van der Waals surface area contributed by atoms with E-state index in [1.807, 2.05) is 38.1 Å². The Balaban J connectivity index is 2.10. The lowest BCUT2D eigenvalue weighted by atomic mass is 10.2. The number of hydrogen-bond donors (Lipinski definition) is 1. The van der Waals surface area contributed by atoms with Gasteiger partial charge in [0, 0.05) is 24.0 Å². The van der Waals surface area contributed by atoms with E-state index in [9.17, 15) is 0 Å². The van der Waals surface area contributed by atoms with Gasteiger partial charge in [0.25, 0.3) is 0 Å². The molecule has 0 saturated carbocycles. The molecule has 0 spiro atoms. The zero-order valence-corrected chi connectivity index (χ0v) is 11.1. The van der Waals surface area contributed by atoms with E-state index in [2.05, 4.69) is 9.97 Å². The SMILES string of the molecule is CCOc1ccc(Oc2ncc(CN)c(C)n2)cc1. The summed E-state index contributed by atoms with van der Waals surface area (Å²) < 4.78 is 10.9. The molecule has 100 valence electrons. The van der Waals surface area contributed by atoms with E-state index >= 15 is 0 Å². The van der Waals surface area contributed by atoms with Crippen LogP contribution in [0.1, 0.15) is 18.2 Å². The molecule has 0 aliphatic heterocycles. The number of rotatable bonds is 5. The predicted octanol–water partition coefficient (Wildman–Crippen LogP) is 2.43. The molecule has 0 atom stereocenters. The lowest BCUT2D eigenvalue weighted by Crippen LogP contribution is -2.03. The van der Waals surface area contributed by atoms with Crippen molar-refractivity contribution in [3.05, 3.63) is 41.7 Å². The van der Waals surface area contributed by atoms with Gasteiger partial charge in [-0.3, -0.25) is 0 Å². The number of aryl methyl sites for hydroxylation is 1. The van der Waals surface area contributed by atoms with Crippen molar-refractivity contribution in [2.75, 3.05) is 6.61 Å². The number of nitrogens with zero attached hydrogens (tertiary/aromatic N) is 2. The molecule has 0 bridgehead atoms. The van der Waals surface area contributed by atoms with E-state index in [4.69, 9.17) is 15.2 Å². The highest BCUT2D eigenvalue weighted by atomic mass is 16.5. The quantitative estimate of drug-likeness (QED) is 0.893. The summed E-state index contributed by atoms with van der Waals surface area (Å²) in [6.45, 7) is 4.90. The monoisotopic (exact) mass is 259 g/mol. The molecule has 0 saturated heterocycles. The first-order chi connectivity index (χ1) is 9.22. The molecule has 19 heavy (non-hydrogen) atoms. The summed E-state index contributed by atoms with van der Waals surface area (Å²) in [6, 6.07) is 7.65. The smallest absolute Gasteiger partial charge is 0.322 e. The summed E-state index contributed by atoms with van der Waals surface area (Å²) in [7, 11) is 0. The Hall–Kier alpha value is -2.14. The number of ether oxygens (including phenoxy) is 2. The van der Waals surface area contributed by atoms with Gasteiger partial charge >= 0.3 is 6.01 Å². The molecular formula is C14H17N3O2. The zero-order chi connectivity index (χ0) is 13.7. The molecular weight excluding hydrogens is 242 g/mol. The van der Waals surface area contributed by atoms with Gasteiger partial charge in [-0.15, -0.1) is 0 Å². The Bertz CT molecular complexity index is 541. The van der Waals surface area contributed by atoms with Crippen LogP contribution in [0.5, 0.6) is 17.5 Å². The third-order valence-corrected chi connectivity index (χ3v) is 2.62. The fourth-order valence-corrected chi connectivity index (χ4v) is 1.60. The van der Waals surface area contributed by atoms with Crippen LogP contribution in [0.4, 0.5) is 0 Å². The highest BCUT2D eigenvalue weighted by molar-refractivity contribution is 5.33. The maximum Gasteiger partial charge on any atom is 0.322 e. The average molecular weight is 259 g/mol. The lowest BCUT2D eigenvalue weighted by molar-refractivity contribution is 0.339. The summed E-state index contributed by atoms with van der Waals surface area (Å²) in [5.74, 6) is 1.48. The topological polar surface area (TPSA) is 70.3 Å². The Morgan fingerprint density at radius 1 is 1.16 bits per heavy atom. The molecule has 5 nitrogen and oxygen atoms in total. The fraction of sp³-hybridized carbons (Fsp3) is 0.286. The Kier molecular flexibility index (Phi) is 4.30. The Morgan fingerprint density at radius 2 is 1.84 bits per heavy atom. The van der Waals surface area contributed by atoms with Gasteiger partial charge < -0.3 is 15.2 Å². The van der Waals surface area contributed by atoms with Crippen molar-refractivity contribution in [2.24, 2.45) is 5.73 Å². The maximum atomic E-state index is 5.57. The summed E-state index contributed by atoms with van der Waals surface area (Å²) in [6.07, 6.45) is 1.69. The van der Waals surface area contributed by atoms with E-state index in [0.717, 1.165) is 17.0 Å². The Morgan fingerprint density at radius 3 is 2.42 bits per heavy atom. The van der Waals surface area contributed by atoms with Crippen molar-refractivity contribution in [2.45, 2.75) is 20.4 Å². The molecule has 1 heterocycles. The van der Waals surface area contributed by atoms with E-state index in [1.165, 1.54) is 0 Å². The van der Waals surface area contributed by atoms with Crippen LogP contribution in [0.2, 0.25) is 0 Å². The molecule has 5 heteroatoms. The van der Waals surface area contributed by atoms with Crippen LogP contribution in [-0.4, -0.2) is 16.6 Å². The van der Waals surface area contributed by atoms with Crippen molar-refractivity contribution < 1.29 is 9.47 Å². The normalized spacial score (nSPS) is 10.3. The zero-order valence-electron chi connectivity index (χ0n) is 11.1. The minimum absolute atomic E-state index is 0.318. The van der Waals surface area contributed by atoms with Gasteiger partial charge in [0.05, 0.1) is 6.61 Å². The highest BCUT2D eigenvalue weighted by Gasteiger charge is 2.04. The number of nitrogens with two attached hydrogens (primary N) is 1. The molecule has 0 fully saturated rings. The molecule has 0 unspecified atom stereocenters. The van der Waals surface area contributed by atoms with Crippen LogP contribution in [-0.2, 0) is 6.54 Å². The number of benzene rings is 1. The molecule has 0 aliphatic rings. The maximum absolute atomic E-state index is 5.57. The average Bonchev–Trinajstić information content (AvgIpc) is 2.42. The van der Waals surface area contributed by atoms with E-state index in [0.29, 0.717) is 24.9 Å². The van der Waals surface area contributed by atoms with Gasteiger partial charge in [-0.05, 0) is 38.1 Å². The third-order valence-electron chi connectivity index (χ3n) is 2.62. The van der Waals surface area contributed by atoms with Gasteiger partial charge in [-0.25, -0.2) is 4.98 Å². The number of hydrogen-bond acceptors (Lipinski definition) is 5. The van der Waals surface area contributed by atoms with E-state index < -0.39 is 0 Å². The second-order valence-corrected chi connectivity index (χ2v) is 3.97. The van der Waals surface area contributed by atoms with Crippen LogP contribution >= 0.6 is 0 Å². The van der Waals surface area contributed by atoms with Gasteiger partial charge in [0.1, 0.15) is 11.5 Å². The van der Waals surface area contributed by atoms with Gasteiger partial charge in [0.15, 0.2) is 0 Å². The summed E-state index contributed by atoms with van der Waals surface area (Å²) >= 11 is 0.